The van der Waals surface area contributed by atoms with Crippen molar-refractivity contribution in [3.8, 4) is 5.75 Å². The number of hydrogen-bond acceptors (Lipinski definition) is 8. The van der Waals surface area contributed by atoms with E-state index in [-0.39, 0.29) is 29.1 Å². The number of rotatable bonds is 10. The van der Waals surface area contributed by atoms with E-state index in [0.717, 1.165) is 43.5 Å². The van der Waals surface area contributed by atoms with E-state index in [1.807, 2.05) is 12.1 Å². The van der Waals surface area contributed by atoms with E-state index in [9.17, 15) is 29.4 Å². The number of carboxylic acid groups (broad SMARTS) is 3. The van der Waals surface area contributed by atoms with Crippen molar-refractivity contribution in [2.45, 2.75) is 55.6 Å². The highest BCUT2D eigenvalue weighted by Crippen LogP contribution is 2.50. The summed E-state index contributed by atoms with van der Waals surface area (Å²) in [5.41, 5.74) is 0.479. The summed E-state index contributed by atoms with van der Waals surface area (Å²) in [5.74, 6) is -5.02. The number of fused-ring (bicyclic) bond motifs is 2. The van der Waals surface area contributed by atoms with Crippen LogP contribution >= 0.6 is 11.6 Å². The van der Waals surface area contributed by atoms with Crippen LogP contribution in [-0.2, 0) is 31.0 Å². The Morgan fingerprint density at radius 2 is 1.61 bits per heavy atom. The van der Waals surface area contributed by atoms with Crippen LogP contribution in [-0.4, -0.2) is 104 Å². The topological polar surface area (TPSA) is 196 Å². The number of phenolic OH excluding ortho intramolecular Hbond substituents is 1. The second-order valence-electron chi connectivity index (χ2n) is 11.8. The van der Waals surface area contributed by atoms with Gasteiger partial charge in [-0.25, -0.2) is 4.79 Å². The highest BCUT2D eigenvalue weighted by Gasteiger charge is 2.45. The van der Waals surface area contributed by atoms with Gasteiger partial charge in [0.25, 0.3) is 0 Å². The van der Waals surface area contributed by atoms with Crippen LogP contribution in [0.1, 0.15) is 54.9 Å². The number of aromatic hydroxyl groups is 1. The summed E-state index contributed by atoms with van der Waals surface area (Å²) in [6, 6.07) is 13.2. The summed E-state index contributed by atoms with van der Waals surface area (Å²) in [6.45, 7) is 2.45. The highest BCUT2D eigenvalue weighted by molar-refractivity contribution is 6.31. The lowest BCUT2D eigenvalue weighted by Crippen LogP contribution is -2.46. The van der Waals surface area contributed by atoms with Crippen LogP contribution in [0.2, 0.25) is 5.02 Å². The number of carbonyl (C=O) groups excluding carboxylic acids is 1. The Morgan fingerprint density at radius 1 is 1.02 bits per heavy atom. The van der Waals surface area contributed by atoms with Crippen molar-refractivity contribution >= 4 is 35.4 Å². The minimum Gasteiger partial charge on any atom is -0.508 e. The van der Waals surface area contributed by atoms with Crippen molar-refractivity contribution in [2.75, 3.05) is 33.7 Å². The predicted molar refractivity (Wildman–Crippen MR) is 159 cm³/mol. The first kappa shape index (κ1) is 34.8. The van der Waals surface area contributed by atoms with Crippen LogP contribution < -0.4 is 0 Å². The average molecular weight is 635 g/mol. The largest absolute Gasteiger partial charge is 0.508 e. The number of carboxylic acids is 3. The van der Waals surface area contributed by atoms with Crippen molar-refractivity contribution in [1.29, 1.82) is 0 Å². The van der Waals surface area contributed by atoms with Crippen LogP contribution in [0.15, 0.2) is 42.5 Å². The molecule has 0 saturated carbocycles. The van der Waals surface area contributed by atoms with Gasteiger partial charge in [0.15, 0.2) is 5.60 Å². The fraction of sp³-hybridized carbons (Fsp3) is 0.484. The van der Waals surface area contributed by atoms with Gasteiger partial charge in [0, 0.05) is 31.1 Å². The molecule has 2 aromatic rings. The third kappa shape index (κ3) is 8.47. The Labute approximate surface area is 260 Å². The smallest absolute Gasteiger partial charge is 0.336 e. The molecular formula is C31H39ClN2O10. The third-order valence-corrected chi connectivity index (χ3v) is 8.71. The maximum absolute atomic E-state index is 12.9. The van der Waals surface area contributed by atoms with Gasteiger partial charge in [-0.05, 0) is 73.7 Å². The van der Waals surface area contributed by atoms with Crippen molar-refractivity contribution < 1.29 is 49.8 Å². The first-order chi connectivity index (χ1) is 20.6. The van der Waals surface area contributed by atoms with Gasteiger partial charge in [-0.15, -0.1) is 0 Å². The van der Waals surface area contributed by atoms with Crippen molar-refractivity contribution in [3.05, 3.63) is 64.2 Å². The van der Waals surface area contributed by atoms with Crippen LogP contribution in [0.5, 0.6) is 5.75 Å². The maximum atomic E-state index is 12.9. The van der Waals surface area contributed by atoms with Gasteiger partial charge in [0.1, 0.15) is 5.75 Å². The lowest BCUT2D eigenvalue weighted by molar-refractivity contribution is -0.170. The molecule has 6 N–H and O–H groups in total. The van der Waals surface area contributed by atoms with Crippen LogP contribution in [0.25, 0.3) is 0 Å². The summed E-state index contributed by atoms with van der Waals surface area (Å²) < 4.78 is 0. The second kappa shape index (κ2) is 14.4. The Balaban J connectivity index is 0.000000345. The molecule has 1 saturated heterocycles. The van der Waals surface area contributed by atoms with Crippen LogP contribution in [0, 0.1) is 5.92 Å². The maximum Gasteiger partial charge on any atom is 0.336 e. The van der Waals surface area contributed by atoms with Gasteiger partial charge < -0.3 is 40.4 Å². The first-order valence-corrected chi connectivity index (χ1v) is 14.5. The lowest BCUT2D eigenvalue weighted by atomic mass is 9.73. The van der Waals surface area contributed by atoms with E-state index in [1.165, 1.54) is 5.56 Å². The van der Waals surface area contributed by atoms with Gasteiger partial charge in [0.05, 0.1) is 24.9 Å². The Kier molecular flexibility index (Phi) is 11.4. The zero-order valence-electron chi connectivity index (χ0n) is 24.6. The van der Waals surface area contributed by atoms with Crippen molar-refractivity contribution in [1.82, 2.24) is 9.80 Å². The van der Waals surface area contributed by atoms with Gasteiger partial charge in [0.2, 0.25) is 5.91 Å². The molecule has 2 aliphatic rings. The molecule has 2 unspecified atom stereocenters. The number of amides is 1. The minimum atomic E-state index is -2.74. The lowest BCUT2D eigenvalue weighted by Gasteiger charge is -2.41. The number of aliphatic hydroxyl groups excluding tert-OH is 1. The fourth-order valence-electron chi connectivity index (χ4n) is 6.10. The van der Waals surface area contributed by atoms with Crippen molar-refractivity contribution in [3.63, 3.8) is 0 Å². The van der Waals surface area contributed by atoms with E-state index < -0.39 is 36.4 Å². The molecule has 44 heavy (non-hydrogen) atoms. The normalized spacial score (nSPS) is 18.1. The fourth-order valence-corrected chi connectivity index (χ4v) is 6.30. The first-order valence-electron chi connectivity index (χ1n) is 14.1. The molecule has 2 atom stereocenters. The molecule has 1 spiro atoms. The summed E-state index contributed by atoms with van der Waals surface area (Å²) >= 11 is 6.34. The summed E-state index contributed by atoms with van der Waals surface area (Å²) in [7, 11) is 3.56. The number of aliphatic carboxylic acids is 3. The SMILES string of the molecule is CN(C)C(=O)C(Cc1cc(O)ccc1Cl)CN1CCC2(CC1)CC(O)c1ccccc12.O=C(O)CC(O)(CC(=O)O)C(=O)O. The number of piperidine rings is 1. The Morgan fingerprint density at radius 3 is 2.16 bits per heavy atom. The predicted octanol–water partition coefficient (Wildman–Crippen LogP) is 2.51. The standard InChI is InChI=1S/C25H31ClN2O3.C6H8O7/c1-27(2)24(31)18(13-17-14-19(29)7-8-22(17)26)16-28-11-9-25(10-12-28)15-23(30)20-5-3-4-6-21(20)25;7-3(8)1-6(13,5(11)12)2-4(9)10/h3-8,14,18,23,29-30H,9-13,15-16H2,1-2H3;13H,1-2H2,(H,7,8)(H,9,10)(H,11,12). The van der Waals surface area contributed by atoms with E-state index in [2.05, 4.69) is 17.0 Å². The summed E-state index contributed by atoms with van der Waals surface area (Å²) in [4.78, 5) is 47.4. The molecule has 240 valence electrons. The molecule has 4 rings (SSSR count). The molecule has 1 amide bonds. The molecule has 13 heteroatoms. The molecule has 0 aromatic heterocycles. The van der Waals surface area contributed by atoms with Gasteiger partial charge in [-0.3, -0.25) is 14.4 Å². The number of nitrogens with zero attached hydrogens (tertiary/aromatic N) is 2. The number of aliphatic hydroxyl groups is 2. The zero-order valence-corrected chi connectivity index (χ0v) is 25.4. The molecule has 12 nitrogen and oxygen atoms in total. The molecule has 2 aromatic carbocycles. The van der Waals surface area contributed by atoms with E-state index >= 15 is 0 Å². The number of benzene rings is 2. The molecule has 1 aliphatic heterocycles. The number of hydrogen-bond donors (Lipinski definition) is 6. The van der Waals surface area contributed by atoms with Crippen molar-refractivity contribution in [2.24, 2.45) is 5.92 Å². The summed E-state index contributed by atoms with van der Waals surface area (Å²) in [6.07, 6.45) is 0.586. The number of phenols is 1. The zero-order chi connectivity index (χ0) is 32.8. The molecule has 1 fully saturated rings. The van der Waals surface area contributed by atoms with Gasteiger partial charge in [-0.1, -0.05) is 35.9 Å². The molecule has 0 bridgehead atoms. The monoisotopic (exact) mass is 634 g/mol. The average Bonchev–Trinajstić information content (AvgIpc) is 3.21. The second-order valence-corrected chi connectivity index (χ2v) is 12.2. The number of halogens is 1. The quantitative estimate of drug-likeness (QED) is 0.225. The summed E-state index contributed by atoms with van der Waals surface area (Å²) in [5, 5.41) is 54.8. The van der Waals surface area contributed by atoms with Gasteiger partial charge in [-0.2, -0.15) is 0 Å². The number of likely N-dealkylation sites (tertiary alicyclic amines) is 1. The minimum absolute atomic E-state index is 0.0437. The number of carbonyl (C=O) groups is 4. The van der Waals surface area contributed by atoms with E-state index in [0.29, 0.717) is 18.0 Å². The van der Waals surface area contributed by atoms with Gasteiger partial charge >= 0.3 is 17.9 Å². The molecule has 1 aliphatic carbocycles. The molecule has 0 radical (unpaired) electrons. The highest BCUT2D eigenvalue weighted by atomic mass is 35.5. The molecular weight excluding hydrogens is 596 g/mol. The molecule has 1 heterocycles. The van der Waals surface area contributed by atoms with Crippen LogP contribution in [0.3, 0.4) is 0 Å². The van der Waals surface area contributed by atoms with E-state index in [4.69, 9.17) is 32.0 Å². The van der Waals surface area contributed by atoms with E-state index in [1.54, 1.807) is 37.2 Å². The third-order valence-electron chi connectivity index (χ3n) is 8.34. The Bertz CT molecular complexity index is 1360. The van der Waals surface area contributed by atoms with Crippen LogP contribution in [0.4, 0.5) is 0 Å². The Hall–Kier alpha value is -3.71.